The number of thioether (sulfide) groups is 1. The van der Waals surface area contributed by atoms with Gasteiger partial charge in [0.1, 0.15) is 0 Å². The highest BCUT2D eigenvalue weighted by Gasteiger charge is 2.22. The van der Waals surface area contributed by atoms with E-state index in [-0.39, 0.29) is 11.9 Å². The number of hydrogen-bond donors (Lipinski definition) is 2. The largest absolute Gasteiger partial charge is 0.361 e. The van der Waals surface area contributed by atoms with Crippen LogP contribution in [-0.2, 0) is 11.2 Å². The summed E-state index contributed by atoms with van der Waals surface area (Å²) in [6.45, 7) is 0. The number of carbonyl (C=O) groups is 1. The van der Waals surface area contributed by atoms with E-state index in [9.17, 15) is 4.79 Å². The molecule has 0 spiro atoms. The van der Waals surface area contributed by atoms with Crippen molar-refractivity contribution < 1.29 is 4.79 Å². The standard InChI is InChI=1S/C19H18N2OS/c22-19(11-13-12-20-16-7-3-1-5-14(13)16)21-17-9-10-23-18-8-4-2-6-15(17)18/h1-8,12,17,20H,9-11H2,(H,21,22). The molecule has 0 radical (unpaired) electrons. The van der Waals surface area contributed by atoms with E-state index < -0.39 is 0 Å². The number of H-pyrrole nitrogens is 1. The highest BCUT2D eigenvalue weighted by molar-refractivity contribution is 7.99. The fourth-order valence-corrected chi connectivity index (χ4v) is 4.31. The predicted octanol–water partition coefficient (Wildman–Crippen LogP) is 4.06. The number of hydrogen-bond acceptors (Lipinski definition) is 2. The first-order valence-corrected chi connectivity index (χ1v) is 8.86. The van der Waals surface area contributed by atoms with Crippen molar-refractivity contribution in [2.45, 2.75) is 23.8 Å². The molecule has 0 fully saturated rings. The SMILES string of the molecule is O=C(Cc1c[nH]c2ccccc12)NC1CCSc2ccccc21. The molecule has 1 unspecified atom stereocenters. The molecule has 1 aliphatic rings. The first-order valence-electron chi connectivity index (χ1n) is 7.87. The second kappa shape index (κ2) is 6.13. The Hall–Kier alpha value is -2.20. The zero-order valence-electron chi connectivity index (χ0n) is 12.7. The van der Waals surface area contributed by atoms with Crippen LogP contribution in [0.3, 0.4) is 0 Å². The number of fused-ring (bicyclic) bond motifs is 2. The highest BCUT2D eigenvalue weighted by atomic mass is 32.2. The van der Waals surface area contributed by atoms with Crippen LogP contribution in [0.1, 0.15) is 23.6 Å². The summed E-state index contributed by atoms with van der Waals surface area (Å²) in [5.41, 5.74) is 3.38. The number of carbonyl (C=O) groups excluding carboxylic acids is 1. The molecule has 1 amide bonds. The number of benzene rings is 2. The minimum absolute atomic E-state index is 0.0847. The molecule has 4 heteroatoms. The summed E-state index contributed by atoms with van der Waals surface area (Å²) < 4.78 is 0. The minimum Gasteiger partial charge on any atom is -0.361 e. The van der Waals surface area contributed by atoms with E-state index in [0.717, 1.165) is 28.6 Å². The molecule has 0 saturated carbocycles. The van der Waals surface area contributed by atoms with Crippen molar-refractivity contribution in [1.29, 1.82) is 0 Å². The average molecular weight is 322 g/mol. The van der Waals surface area contributed by atoms with Crippen molar-refractivity contribution >= 4 is 28.6 Å². The van der Waals surface area contributed by atoms with Crippen molar-refractivity contribution in [2.75, 3.05) is 5.75 Å². The van der Waals surface area contributed by atoms with Gasteiger partial charge in [0.2, 0.25) is 5.91 Å². The zero-order valence-corrected chi connectivity index (χ0v) is 13.5. The van der Waals surface area contributed by atoms with Gasteiger partial charge in [-0.05, 0) is 29.7 Å². The summed E-state index contributed by atoms with van der Waals surface area (Å²) in [5.74, 6) is 1.14. The Bertz CT molecular complexity index is 855. The second-order valence-electron chi connectivity index (χ2n) is 5.83. The minimum atomic E-state index is 0.0847. The van der Waals surface area contributed by atoms with Crippen LogP contribution in [0.4, 0.5) is 0 Å². The van der Waals surface area contributed by atoms with Gasteiger partial charge < -0.3 is 10.3 Å². The van der Waals surface area contributed by atoms with Gasteiger partial charge in [0.15, 0.2) is 0 Å². The third-order valence-electron chi connectivity index (χ3n) is 4.32. The molecule has 4 rings (SSSR count). The van der Waals surface area contributed by atoms with E-state index in [1.54, 1.807) is 0 Å². The lowest BCUT2D eigenvalue weighted by atomic mass is 10.0. The summed E-state index contributed by atoms with van der Waals surface area (Å²) in [6.07, 6.45) is 3.34. The third kappa shape index (κ3) is 2.86. The highest BCUT2D eigenvalue weighted by Crippen LogP contribution is 2.35. The van der Waals surface area contributed by atoms with Crippen molar-refractivity contribution in [3.05, 3.63) is 65.9 Å². The van der Waals surface area contributed by atoms with Gasteiger partial charge in [-0.2, -0.15) is 0 Å². The van der Waals surface area contributed by atoms with Gasteiger partial charge in [0.25, 0.3) is 0 Å². The van der Waals surface area contributed by atoms with Crippen molar-refractivity contribution in [1.82, 2.24) is 10.3 Å². The van der Waals surface area contributed by atoms with Crippen LogP contribution >= 0.6 is 11.8 Å². The molecule has 1 aliphatic heterocycles. The number of amides is 1. The molecule has 2 aromatic carbocycles. The van der Waals surface area contributed by atoms with Gasteiger partial charge in [-0.25, -0.2) is 0 Å². The average Bonchev–Trinajstić information content (AvgIpc) is 2.98. The van der Waals surface area contributed by atoms with Crippen LogP contribution in [0.25, 0.3) is 10.9 Å². The molecule has 23 heavy (non-hydrogen) atoms. The Morgan fingerprint density at radius 1 is 1.17 bits per heavy atom. The molecule has 0 saturated heterocycles. The molecule has 3 aromatic rings. The lowest BCUT2D eigenvalue weighted by molar-refractivity contribution is -0.121. The van der Waals surface area contributed by atoms with Crippen LogP contribution in [-0.4, -0.2) is 16.6 Å². The summed E-state index contributed by atoms with van der Waals surface area (Å²) in [6, 6.07) is 16.6. The molecule has 116 valence electrons. The Labute approximate surface area is 139 Å². The molecule has 2 N–H and O–H groups in total. The molecular formula is C19H18N2OS. The first-order chi connectivity index (χ1) is 11.3. The normalized spacial score (nSPS) is 17.0. The number of aromatic amines is 1. The van der Waals surface area contributed by atoms with E-state index in [1.807, 2.05) is 42.2 Å². The number of nitrogens with one attached hydrogen (secondary N) is 2. The quantitative estimate of drug-likeness (QED) is 0.763. The van der Waals surface area contributed by atoms with Gasteiger partial charge in [0, 0.05) is 27.7 Å². The summed E-state index contributed by atoms with van der Waals surface area (Å²) in [5, 5.41) is 4.34. The molecule has 1 aromatic heterocycles. The number of rotatable bonds is 3. The second-order valence-corrected chi connectivity index (χ2v) is 6.97. The summed E-state index contributed by atoms with van der Waals surface area (Å²) in [7, 11) is 0. The van der Waals surface area contributed by atoms with E-state index in [1.165, 1.54) is 10.5 Å². The van der Waals surface area contributed by atoms with Gasteiger partial charge in [0.05, 0.1) is 12.5 Å². The maximum atomic E-state index is 12.5. The van der Waals surface area contributed by atoms with Crippen molar-refractivity contribution in [3.8, 4) is 0 Å². The Balaban J connectivity index is 1.51. The van der Waals surface area contributed by atoms with E-state index in [0.29, 0.717) is 6.42 Å². The van der Waals surface area contributed by atoms with Crippen LogP contribution in [0.5, 0.6) is 0 Å². The fourth-order valence-electron chi connectivity index (χ4n) is 3.19. The molecule has 0 bridgehead atoms. The van der Waals surface area contributed by atoms with Gasteiger partial charge >= 0.3 is 0 Å². The van der Waals surface area contributed by atoms with Crippen LogP contribution in [0, 0.1) is 0 Å². The molecule has 2 heterocycles. The van der Waals surface area contributed by atoms with E-state index >= 15 is 0 Å². The van der Waals surface area contributed by atoms with Gasteiger partial charge in [-0.15, -0.1) is 11.8 Å². The monoisotopic (exact) mass is 322 g/mol. The maximum absolute atomic E-state index is 12.5. The van der Waals surface area contributed by atoms with E-state index in [4.69, 9.17) is 0 Å². The van der Waals surface area contributed by atoms with E-state index in [2.05, 4.69) is 34.6 Å². The Morgan fingerprint density at radius 2 is 2.00 bits per heavy atom. The molecular weight excluding hydrogens is 304 g/mol. The predicted molar refractivity (Wildman–Crippen MR) is 94.7 cm³/mol. The molecule has 0 aliphatic carbocycles. The fraction of sp³-hybridized carbons (Fsp3) is 0.211. The number of para-hydroxylation sites is 1. The smallest absolute Gasteiger partial charge is 0.224 e. The van der Waals surface area contributed by atoms with Crippen molar-refractivity contribution in [2.24, 2.45) is 0 Å². The lowest BCUT2D eigenvalue weighted by Gasteiger charge is -2.25. The maximum Gasteiger partial charge on any atom is 0.224 e. The zero-order chi connectivity index (χ0) is 15.6. The van der Waals surface area contributed by atoms with Crippen LogP contribution < -0.4 is 5.32 Å². The summed E-state index contributed by atoms with van der Waals surface area (Å²) in [4.78, 5) is 17.0. The third-order valence-corrected chi connectivity index (χ3v) is 5.44. The van der Waals surface area contributed by atoms with Gasteiger partial charge in [-0.3, -0.25) is 4.79 Å². The van der Waals surface area contributed by atoms with Crippen LogP contribution in [0.2, 0.25) is 0 Å². The van der Waals surface area contributed by atoms with Gasteiger partial charge in [-0.1, -0.05) is 36.4 Å². The topological polar surface area (TPSA) is 44.9 Å². The first kappa shape index (κ1) is 14.4. The molecule has 3 nitrogen and oxygen atoms in total. The Morgan fingerprint density at radius 3 is 2.96 bits per heavy atom. The van der Waals surface area contributed by atoms with Crippen molar-refractivity contribution in [3.63, 3.8) is 0 Å². The lowest BCUT2D eigenvalue weighted by Crippen LogP contribution is -2.31. The van der Waals surface area contributed by atoms with Crippen LogP contribution in [0.15, 0.2) is 59.6 Å². The molecule has 1 atom stereocenters. The summed E-state index contributed by atoms with van der Waals surface area (Å²) >= 11 is 1.87. The Kier molecular flexibility index (Phi) is 3.83. The number of aromatic nitrogens is 1.